The second-order valence-corrected chi connectivity index (χ2v) is 8.40. The highest BCUT2D eigenvalue weighted by molar-refractivity contribution is 6.59. The minimum atomic E-state index is -0.675. The zero-order chi connectivity index (χ0) is 24.5. The van der Waals surface area contributed by atoms with Gasteiger partial charge in [-0.2, -0.15) is 5.10 Å². The Bertz CT molecular complexity index is 1330. The number of pyridine rings is 1. The van der Waals surface area contributed by atoms with Crippen LogP contribution in [0.2, 0.25) is 0 Å². The second-order valence-electron chi connectivity index (χ2n) is 8.40. The number of aliphatic imine (C=N–C) groups is 1. The van der Waals surface area contributed by atoms with E-state index in [1.54, 1.807) is 6.20 Å². The number of hydrogen-bond acceptors (Lipinski definition) is 11. The summed E-state index contributed by atoms with van der Waals surface area (Å²) in [6.07, 6.45) is 4.97. The van der Waals surface area contributed by atoms with Crippen LogP contribution in [0.4, 0.5) is 5.82 Å². The van der Waals surface area contributed by atoms with E-state index in [2.05, 4.69) is 31.6 Å². The van der Waals surface area contributed by atoms with E-state index in [-0.39, 0.29) is 24.3 Å². The Balaban J connectivity index is 1.62. The number of methoxy groups -OCH3 is 1. The van der Waals surface area contributed by atoms with Crippen molar-refractivity contribution < 1.29 is 19.0 Å². The average molecular weight is 479 g/mol. The van der Waals surface area contributed by atoms with Crippen molar-refractivity contribution in [3.63, 3.8) is 0 Å². The largest absolute Gasteiger partial charge is 0.486 e. The van der Waals surface area contributed by atoms with E-state index in [1.807, 2.05) is 29.9 Å². The normalized spacial score (nSPS) is 20.0. The molecule has 182 valence electrons. The summed E-state index contributed by atoms with van der Waals surface area (Å²) >= 11 is 0. The number of nitrogens with zero attached hydrogens (tertiary/aromatic N) is 7. The molecule has 12 nitrogen and oxygen atoms in total. The molecule has 0 aliphatic carbocycles. The van der Waals surface area contributed by atoms with Crippen LogP contribution < -0.4 is 15.5 Å². The van der Waals surface area contributed by atoms with Crippen LogP contribution in [0.5, 0.6) is 5.75 Å². The molecule has 1 fully saturated rings. The summed E-state index contributed by atoms with van der Waals surface area (Å²) in [5.74, 6) is 6.44. The van der Waals surface area contributed by atoms with Gasteiger partial charge in [0, 0.05) is 30.4 Å². The fourth-order valence-corrected chi connectivity index (χ4v) is 4.44. The molecule has 0 unspecified atom stereocenters. The zero-order valence-electron chi connectivity index (χ0n) is 19.7. The maximum absolute atomic E-state index is 11.8. The third-order valence-corrected chi connectivity index (χ3v) is 6.12. The molecule has 0 spiro atoms. The van der Waals surface area contributed by atoms with Gasteiger partial charge in [-0.3, -0.25) is 4.99 Å². The summed E-state index contributed by atoms with van der Waals surface area (Å²) < 4.78 is 18.5. The Morgan fingerprint density at radius 1 is 1.31 bits per heavy atom. The van der Waals surface area contributed by atoms with Gasteiger partial charge in [0.15, 0.2) is 23.1 Å². The second kappa shape index (κ2) is 9.29. The Morgan fingerprint density at radius 3 is 2.97 bits per heavy atom. The Kier molecular flexibility index (Phi) is 6.03. The van der Waals surface area contributed by atoms with Crippen LogP contribution in [0.25, 0.3) is 22.4 Å². The van der Waals surface area contributed by atoms with Gasteiger partial charge in [-0.1, -0.05) is 0 Å². The number of aryl methyl sites for hydroxylation is 1. The molecule has 1 saturated heterocycles. The summed E-state index contributed by atoms with van der Waals surface area (Å²) in [5.41, 5.74) is 2.17. The summed E-state index contributed by atoms with van der Waals surface area (Å²) in [6, 6.07) is 4.06. The molecule has 2 N–H and O–H groups in total. The van der Waals surface area contributed by atoms with E-state index in [0.29, 0.717) is 42.9 Å². The average Bonchev–Trinajstić information content (AvgIpc) is 3.26. The van der Waals surface area contributed by atoms with Crippen LogP contribution in [0.1, 0.15) is 12.6 Å². The number of morpholine rings is 1. The molecule has 0 bridgehead atoms. The van der Waals surface area contributed by atoms with Crippen LogP contribution in [0.3, 0.4) is 0 Å². The summed E-state index contributed by atoms with van der Waals surface area (Å²) in [5, 5.41) is 4.38. The number of rotatable bonds is 5. The van der Waals surface area contributed by atoms with Crippen LogP contribution in [-0.4, -0.2) is 76.4 Å². The van der Waals surface area contributed by atoms with Crippen molar-refractivity contribution in [2.75, 3.05) is 31.8 Å². The standard InChI is InChI=1S/C23H26N8O4/c1-13-10-34-11-14-12-35-19-17(8-25-9-18(29-24)23(32)33-3)27-20(28-22(19)31(13)14)15-4-6-26-21-16(15)5-7-30(21)2/h4-7,9,13-14H,8,10-12,24H2,1-3H3/t13-,14+/m1/s1. The van der Waals surface area contributed by atoms with Gasteiger partial charge in [0.05, 0.1) is 45.2 Å². The molecule has 0 aromatic carbocycles. The smallest absolute Gasteiger partial charge is 0.360 e. The number of fused-ring (bicyclic) bond motifs is 4. The molecular formula is C23H26N8O4. The molecule has 5 rings (SSSR count). The zero-order valence-corrected chi connectivity index (χ0v) is 19.7. The van der Waals surface area contributed by atoms with E-state index < -0.39 is 5.97 Å². The third-order valence-electron chi connectivity index (χ3n) is 6.12. The highest BCUT2D eigenvalue weighted by Gasteiger charge is 2.37. The topological polar surface area (TPSA) is 142 Å². The van der Waals surface area contributed by atoms with E-state index in [0.717, 1.165) is 16.6 Å². The molecule has 0 saturated carbocycles. The maximum atomic E-state index is 11.8. The molecule has 2 aliphatic heterocycles. The number of carbonyl (C=O) groups is 1. The lowest BCUT2D eigenvalue weighted by Gasteiger charge is -2.44. The first kappa shape index (κ1) is 22.7. The highest BCUT2D eigenvalue weighted by Crippen LogP contribution is 2.39. The Hall–Kier alpha value is -4.06. The van der Waals surface area contributed by atoms with Crippen LogP contribution in [-0.2, 0) is 27.9 Å². The Morgan fingerprint density at radius 2 is 2.17 bits per heavy atom. The van der Waals surface area contributed by atoms with Gasteiger partial charge in [0.1, 0.15) is 17.9 Å². The third kappa shape index (κ3) is 4.05. The Labute approximate surface area is 201 Å². The number of hydrazone groups is 1. The van der Waals surface area contributed by atoms with Crippen molar-refractivity contribution in [1.82, 2.24) is 19.5 Å². The number of nitrogens with two attached hydrogens (primary N) is 1. The fraction of sp³-hybridized carbons (Fsp3) is 0.391. The number of hydrogen-bond donors (Lipinski definition) is 1. The lowest BCUT2D eigenvalue weighted by Crippen LogP contribution is -2.56. The first-order chi connectivity index (χ1) is 17.0. The van der Waals surface area contributed by atoms with E-state index in [1.165, 1.54) is 13.3 Å². The molecular weight excluding hydrogens is 452 g/mol. The van der Waals surface area contributed by atoms with Crippen molar-refractivity contribution in [2.45, 2.75) is 25.6 Å². The van der Waals surface area contributed by atoms with Crippen LogP contribution in [0.15, 0.2) is 34.6 Å². The van der Waals surface area contributed by atoms with Gasteiger partial charge in [-0.25, -0.2) is 19.7 Å². The maximum Gasteiger partial charge on any atom is 0.360 e. The first-order valence-electron chi connectivity index (χ1n) is 11.2. The van der Waals surface area contributed by atoms with Gasteiger partial charge in [-0.15, -0.1) is 0 Å². The number of anilines is 1. The molecule has 12 heteroatoms. The molecule has 2 atom stereocenters. The van der Waals surface area contributed by atoms with E-state index >= 15 is 0 Å². The van der Waals surface area contributed by atoms with Crippen LogP contribution in [0, 0.1) is 0 Å². The monoisotopic (exact) mass is 478 g/mol. The van der Waals surface area contributed by atoms with Gasteiger partial charge >= 0.3 is 5.97 Å². The molecule has 3 aromatic rings. The predicted octanol–water partition coefficient (Wildman–Crippen LogP) is 1.07. The molecule has 5 heterocycles. The van der Waals surface area contributed by atoms with E-state index in [9.17, 15) is 4.79 Å². The summed E-state index contributed by atoms with van der Waals surface area (Å²) in [6.45, 7) is 3.83. The SMILES string of the molecule is COC(=O)C(C=NCc1nc(-c2ccnc3c2ccn3C)nc2c1OC[C@@H]1COC[C@@H](C)N21)=NN. The van der Waals surface area contributed by atoms with Crippen molar-refractivity contribution in [3.8, 4) is 17.1 Å². The number of aromatic nitrogens is 4. The van der Waals surface area contributed by atoms with Gasteiger partial charge in [-0.05, 0) is 19.1 Å². The van der Waals surface area contributed by atoms with Gasteiger partial charge in [0.25, 0.3) is 0 Å². The minimum absolute atomic E-state index is 0.0508. The van der Waals surface area contributed by atoms with E-state index in [4.69, 9.17) is 25.3 Å². The quantitative estimate of drug-likeness (QED) is 0.247. The lowest BCUT2D eigenvalue weighted by atomic mass is 10.1. The number of esters is 1. The van der Waals surface area contributed by atoms with Crippen molar-refractivity contribution in [1.29, 1.82) is 0 Å². The lowest BCUT2D eigenvalue weighted by molar-refractivity contribution is -0.132. The minimum Gasteiger partial charge on any atom is -0.486 e. The number of carbonyl (C=O) groups excluding carboxylic acids is 1. The summed E-state index contributed by atoms with van der Waals surface area (Å²) in [4.78, 5) is 32.6. The number of ether oxygens (including phenoxy) is 3. The van der Waals surface area contributed by atoms with Gasteiger partial charge < -0.3 is 29.5 Å². The first-order valence-corrected chi connectivity index (χ1v) is 11.2. The fourth-order valence-electron chi connectivity index (χ4n) is 4.44. The molecule has 0 amide bonds. The predicted molar refractivity (Wildman–Crippen MR) is 130 cm³/mol. The van der Waals surface area contributed by atoms with Crippen molar-refractivity contribution in [2.24, 2.45) is 23.0 Å². The molecule has 0 radical (unpaired) electrons. The summed E-state index contributed by atoms with van der Waals surface area (Å²) in [7, 11) is 3.19. The highest BCUT2D eigenvalue weighted by atomic mass is 16.5. The molecule has 3 aromatic heterocycles. The van der Waals surface area contributed by atoms with Crippen molar-refractivity contribution >= 4 is 34.7 Å². The van der Waals surface area contributed by atoms with Crippen molar-refractivity contribution in [3.05, 3.63) is 30.2 Å². The van der Waals surface area contributed by atoms with Crippen LogP contribution >= 0.6 is 0 Å². The molecule has 2 aliphatic rings. The molecule has 35 heavy (non-hydrogen) atoms. The van der Waals surface area contributed by atoms with Gasteiger partial charge in [0.2, 0.25) is 0 Å².